The number of hydrogen-bond donors (Lipinski definition) is 0. The molecule has 2 aromatic carbocycles. The van der Waals surface area contributed by atoms with Crippen LogP contribution in [0.2, 0.25) is 0 Å². The molecule has 0 aromatic heterocycles. The number of carbonyl (C=O) groups excluding carboxylic acids is 1. The smallest absolute Gasteiger partial charge is 0.226 e. The van der Waals surface area contributed by atoms with Gasteiger partial charge in [0.25, 0.3) is 0 Å². The van der Waals surface area contributed by atoms with E-state index in [9.17, 15) is 4.79 Å². The number of piperazine rings is 1. The Balaban J connectivity index is 1.50. The molecule has 2 fully saturated rings. The molecule has 0 bridgehead atoms. The van der Waals surface area contributed by atoms with Crippen molar-refractivity contribution < 1.29 is 4.79 Å². The lowest BCUT2D eigenvalue weighted by Crippen LogP contribution is -2.50. The molecule has 2 aliphatic rings. The summed E-state index contributed by atoms with van der Waals surface area (Å²) in [6.45, 7) is 5.73. The largest absolute Gasteiger partial charge is 0.340 e. The van der Waals surface area contributed by atoms with Gasteiger partial charge in [0.1, 0.15) is 0 Å². The number of benzene rings is 2. The maximum atomic E-state index is 12.5. The first kappa shape index (κ1) is 16.3. The highest BCUT2D eigenvalue weighted by Gasteiger charge is 2.42. The van der Waals surface area contributed by atoms with Gasteiger partial charge >= 0.3 is 0 Å². The molecule has 25 heavy (non-hydrogen) atoms. The summed E-state index contributed by atoms with van der Waals surface area (Å²) in [5.41, 5.74) is 2.65. The summed E-state index contributed by atoms with van der Waals surface area (Å²) < 4.78 is 0. The van der Waals surface area contributed by atoms with Gasteiger partial charge in [-0.2, -0.15) is 0 Å². The lowest BCUT2D eigenvalue weighted by Gasteiger charge is -2.40. The highest BCUT2D eigenvalue weighted by Crippen LogP contribution is 2.39. The summed E-state index contributed by atoms with van der Waals surface area (Å²) in [6, 6.07) is 21.7. The monoisotopic (exact) mass is 334 g/mol. The van der Waals surface area contributed by atoms with Crippen LogP contribution < -0.4 is 0 Å². The molecule has 3 nitrogen and oxygen atoms in total. The molecule has 1 saturated carbocycles. The molecule has 2 atom stereocenters. The van der Waals surface area contributed by atoms with Crippen molar-refractivity contribution in [3.05, 3.63) is 71.8 Å². The van der Waals surface area contributed by atoms with E-state index in [1.54, 1.807) is 0 Å². The minimum absolute atomic E-state index is 0.263. The summed E-state index contributed by atoms with van der Waals surface area (Å²) in [5, 5.41) is 0. The molecular weight excluding hydrogens is 308 g/mol. The Morgan fingerprint density at radius 3 is 1.80 bits per heavy atom. The second-order valence-corrected chi connectivity index (χ2v) is 7.40. The second-order valence-electron chi connectivity index (χ2n) is 7.40. The first-order valence-electron chi connectivity index (χ1n) is 9.37. The average Bonchev–Trinajstić information content (AvgIpc) is 3.40. The first-order valence-corrected chi connectivity index (χ1v) is 9.37. The number of carbonyl (C=O) groups is 1. The number of nitrogens with zero attached hydrogens (tertiary/aromatic N) is 2. The maximum absolute atomic E-state index is 12.5. The standard InChI is InChI=1S/C22H26N2O/c1-17-16-20(17)22(25)24-14-12-23(13-15-24)21(18-8-4-2-5-9-18)19-10-6-3-7-11-19/h2-11,17,20-21H,12-16H2,1H3/t17-,20-/m1/s1. The molecule has 1 amide bonds. The first-order chi connectivity index (χ1) is 12.2. The van der Waals surface area contributed by atoms with Crippen LogP contribution in [-0.2, 0) is 4.79 Å². The molecule has 0 unspecified atom stereocenters. The zero-order chi connectivity index (χ0) is 17.2. The van der Waals surface area contributed by atoms with E-state index in [1.165, 1.54) is 11.1 Å². The van der Waals surface area contributed by atoms with Crippen LogP contribution in [0, 0.1) is 11.8 Å². The fraction of sp³-hybridized carbons (Fsp3) is 0.409. The van der Waals surface area contributed by atoms with Crippen LogP contribution in [0.25, 0.3) is 0 Å². The Hall–Kier alpha value is -2.13. The zero-order valence-electron chi connectivity index (χ0n) is 14.8. The normalized spacial score (nSPS) is 23.7. The fourth-order valence-corrected chi connectivity index (χ4v) is 3.99. The van der Waals surface area contributed by atoms with Gasteiger partial charge in [0.2, 0.25) is 5.91 Å². The minimum Gasteiger partial charge on any atom is -0.340 e. The highest BCUT2D eigenvalue weighted by atomic mass is 16.2. The molecule has 0 N–H and O–H groups in total. The summed E-state index contributed by atoms with van der Waals surface area (Å²) in [7, 11) is 0. The van der Waals surface area contributed by atoms with Gasteiger partial charge in [0, 0.05) is 32.1 Å². The zero-order valence-corrected chi connectivity index (χ0v) is 14.8. The van der Waals surface area contributed by atoms with Crippen LogP contribution in [0.1, 0.15) is 30.5 Å². The van der Waals surface area contributed by atoms with Crippen LogP contribution in [0.3, 0.4) is 0 Å². The van der Waals surface area contributed by atoms with E-state index >= 15 is 0 Å². The topological polar surface area (TPSA) is 23.6 Å². The molecule has 1 aliphatic heterocycles. The number of rotatable bonds is 4. The lowest BCUT2D eigenvalue weighted by atomic mass is 9.96. The van der Waals surface area contributed by atoms with Crippen molar-refractivity contribution >= 4 is 5.91 Å². The van der Waals surface area contributed by atoms with Gasteiger partial charge in [-0.05, 0) is 23.5 Å². The van der Waals surface area contributed by atoms with Crippen molar-refractivity contribution in [3.8, 4) is 0 Å². The Bertz CT molecular complexity index is 668. The summed E-state index contributed by atoms with van der Waals surface area (Å²) in [5.74, 6) is 1.26. The minimum atomic E-state index is 0.263. The van der Waals surface area contributed by atoms with Crippen LogP contribution in [0.5, 0.6) is 0 Å². The lowest BCUT2D eigenvalue weighted by molar-refractivity contribution is -0.134. The van der Waals surface area contributed by atoms with Crippen molar-refractivity contribution in [2.24, 2.45) is 11.8 Å². The molecule has 130 valence electrons. The van der Waals surface area contributed by atoms with Gasteiger partial charge in [0.15, 0.2) is 0 Å². The Kier molecular flexibility index (Phi) is 4.58. The van der Waals surface area contributed by atoms with Gasteiger partial charge in [0.05, 0.1) is 6.04 Å². The van der Waals surface area contributed by atoms with E-state index in [2.05, 4.69) is 77.4 Å². The van der Waals surface area contributed by atoms with Crippen molar-refractivity contribution in [2.75, 3.05) is 26.2 Å². The number of hydrogen-bond acceptors (Lipinski definition) is 2. The van der Waals surface area contributed by atoms with E-state index in [0.29, 0.717) is 17.7 Å². The highest BCUT2D eigenvalue weighted by molar-refractivity contribution is 5.81. The van der Waals surface area contributed by atoms with Gasteiger partial charge in [-0.15, -0.1) is 0 Å². The van der Waals surface area contributed by atoms with Gasteiger partial charge in [-0.25, -0.2) is 0 Å². The van der Waals surface area contributed by atoms with Gasteiger partial charge < -0.3 is 4.90 Å². The molecule has 4 rings (SSSR count). The summed E-state index contributed by atoms with van der Waals surface area (Å²) in [4.78, 5) is 17.1. The van der Waals surface area contributed by atoms with E-state index in [-0.39, 0.29) is 6.04 Å². The van der Waals surface area contributed by atoms with Crippen molar-refractivity contribution in [1.82, 2.24) is 9.80 Å². The molecule has 1 saturated heterocycles. The maximum Gasteiger partial charge on any atom is 0.226 e. The van der Waals surface area contributed by atoms with E-state index in [4.69, 9.17) is 0 Å². The van der Waals surface area contributed by atoms with Crippen molar-refractivity contribution in [3.63, 3.8) is 0 Å². The van der Waals surface area contributed by atoms with E-state index in [0.717, 1.165) is 32.6 Å². The quantitative estimate of drug-likeness (QED) is 0.853. The van der Waals surface area contributed by atoms with Crippen molar-refractivity contribution in [1.29, 1.82) is 0 Å². The van der Waals surface area contributed by atoms with Gasteiger partial charge in [-0.3, -0.25) is 9.69 Å². The van der Waals surface area contributed by atoms with E-state index in [1.807, 2.05) is 0 Å². The van der Waals surface area contributed by atoms with Gasteiger partial charge in [-0.1, -0.05) is 67.6 Å². The Labute approximate surface area is 150 Å². The molecule has 3 heteroatoms. The third kappa shape index (κ3) is 3.47. The molecule has 2 aromatic rings. The predicted molar refractivity (Wildman–Crippen MR) is 100 cm³/mol. The van der Waals surface area contributed by atoms with Crippen LogP contribution >= 0.6 is 0 Å². The van der Waals surface area contributed by atoms with Crippen LogP contribution in [-0.4, -0.2) is 41.9 Å². The van der Waals surface area contributed by atoms with Crippen LogP contribution in [0.15, 0.2) is 60.7 Å². The summed E-state index contributed by atoms with van der Waals surface area (Å²) >= 11 is 0. The third-order valence-corrected chi connectivity index (χ3v) is 5.65. The molecule has 0 radical (unpaired) electrons. The predicted octanol–water partition coefficient (Wildman–Crippen LogP) is 3.58. The molecule has 1 heterocycles. The SMILES string of the molecule is C[C@@H]1C[C@H]1C(=O)N1CCN(C(c2ccccc2)c2ccccc2)CC1. The Morgan fingerprint density at radius 2 is 1.36 bits per heavy atom. The average molecular weight is 334 g/mol. The Morgan fingerprint density at radius 1 is 0.880 bits per heavy atom. The molecular formula is C22H26N2O. The van der Waals surface area contributed by atoms with Crippen LogP contribution in [0.4, 0.5) is 0 Å². The summed E-state index contributed by atoms with van der Waals surface area (Å²) in [6.07, 6.45) is 1.08. The molecule has 1 aliphatic carbocycles. The third-order valence-electron chi connectivity index (χ3n) is 5.65. The fourth-order valence-electron chi connectivity index (χ4n) is 3.99. The second kappa shape index (κ2) is 7.01. The number of amides is 1. The molecule has 0 spiro atoms. The van der Waals surface area contributed by atoms with E-state index < -0.39 is 0 Å². The van der Waals surface area contributed by atoms with Crippen molar-refractivity contribution in [2.45, 2.75) is 19.4 Å².